The molecule has 10 heteroatoms. The third-order valence-electron chi connectivity index (χ3n) is 3.73. The van der Waals surface area contributed by atoms with Gasteiger partial charge in [0.1, 0.15) is 11.6 Å². The highest BCUT2D eigenvalue weighted by atomic mass is 127. The largest absolute Gasteiger partial charge is 0.434 e. The summed E-state index contributed by atoms with van der Waals surface area (Å²) in [5.41, 5.74) is 1.85. The number of aliphatic imine (C=N–C) groups is 1. The second-order valence-electron chi connectivity index (χ2n) is 6.09. The number of rotatable bonds is 8. The molecule has 0 aliphatic heterocycles. The lowest BCUT2D eigenvalue weighted by Gasteiger charge is -2.13. The summed E-state index contributed by atoms with van der Waals surface area (Å²) in [7, 11) is 0. The topological polar surface area (TPSA) is 74.8 Å². The van der Waals surface area contributed by atoms with Gasteiger partial charge in [0.2, 0.25) is 5.91 Å². The molecule has 0 aliphatic carbocycles. The number of carbonyl (C=O) groups excluding carboxylic acids is 1. The summed E-state index contributed by atoms with van der Waals surface area (Å²) in [5, 5.41) is 8.46. The molecule has 30 heavy (non-hydrogen) atoms. The van der Waals surface area contributed by atoms with Gasteiger partial charge in [0.05, 0.1) is 13.1 Å². The van der Waals surface area contributed by atoms with Gasteiger partial charge < -0.3 is 20.7 Å². The van der Waals surface area contributed by atoms with Gasteiger partial charge >= 0.3 is 6.61 Å². The molecule has 0 bridgehead atoms. The number of hydrogen-bond donors (Lipinski definition) is 3. The first-order valence-corrected chi connectivity index (χ1v) is 8.99. The lowest BCUT2D eigenvalue weighted by atomic mass is 10.1. The lowest BCUT2D eigenvalue weighted by molar-refractivity contribution is -0.115. The zero-order chi connectivity index (χ0) is 21.2. The number of carbonyl (C=O) groups is 1. The molecule has 1 amide bonds. The molecule has 0 saturated carbocycles. The number of hydrogen-bond acceptors (Lipinski definition) is 3. The van der Waals surface area contributed by atoms with Crippen LogP contribution in [0.25, 0.3) is 0 Å². The number of anilines is 1. The molecule has 0 saturated heterocycles. The van der Waals surface area contributed by atoms with Gasteiger partial charge in [-0.15, -0.1) is 24.0 Å². The number of alkyl halides is 2. The van der Waals surface area contributed by atoms with E-state index in [-0.39, 0.29) is 48.7 Å². The minimum atomic E-state index is -2.93. The monoisotopic (exact) mass is 536 g/mol. The Morgan fingerprint density at radius 1 is 1.13 bits per heavy atom. The molecule has 0 fully saturated rings. The molecule has 0 radical (unpaired) electrons. The lowest BCUT2D eigenvalue weighted by Crippen LogP contribution is -2.41. The van der Waals surface area contributed by atoms with Crippen molar-refractivity contribution in [2.45, 2.75) is 27.0 Å². The van der Waals surface area contributed by atoms with E-state index in [2.05, 4.69) is 25.7 Å². The number of ether oxygens (including phenoxy) is 1. The Bertz CT molecular complexity index is 848. The smallest absolute Gasteiger partial charge is 0.387 e. The fourth-order valence-electron chi connectivity index (χ4n) is 2.45. The SMILES string of the molecule is CCNC(=NCc1cc(C)ccc1OC(F)F)NCC(=O)Nc1ccc(F)cc1.I. The molecule has 0 aliphatic rings. The number of benzene rings is 2. The molecule has 0 heterocycles. The van der Waals surface area contributed by atoms with E-state index >= 15 is 0 Å². The van der Waals surface area contributed by atoms with E-state index in [1.165, 1.54) is 30.3 Å². The van der Waals surface area contributed by atoms with Crippen LogP contribution < -0.4 is 20.7 Å². The van der Waals surface area contributed by atoms with E-state index < -0.39 is 12.4 Å². The summed E-state index contributed by atoms with van der Waals surface area (Å²) in [4.78, 5) is 16.4. The number of amides is 1. The Hall–Kier alpha value is -2.50. The van der Waals surface area contributed by atoms with Crippen LogP contribution in [0.15, 0.2) is 47.5 Å². The van der Waals surface area contributed by atoms with Crippen LogP contribution in [0.1, 0.15) is 18.1 Å². The number of halogens is 4. The molecule has 0 spiro atoms. The Balaban J connectivity index is 0.00000450. The summed E-state index contributed by atoms with van der Waals surface area (Å²) < 4.78 is 42.6. The van der Waals surface area contributed by atoms with Gasteiger partial charge in [-0.05, 0) is 44.2 Å². The van der Waals surface area contributed by atoms with E-state index in [0.29, 0.717) is 23.8 Å². The van der Waals surface area contributed by atoms with Crippen LogP contribution >= 0.6 is 24.0 Å². The maximum Gasteiger partial charge on any atom is 0.387 e. The zero-order valence-electron chi connectivity index (χ0n) is 16.5. The maximum atomic E-state index is 12.9. The van der Waals surface area contributed by atoms with E-state index in [1.807, 2.05) is 13.8 Å². The average molecular weight is 536 g/mol. The van der Waals surface area contributed by atoms with Crippen molar-refractivity contribution in [2.75, 3.05) is 18.4 Å². The molecule has 6 nitrogen and oxygen atoms in total. The quantitative estimate of drug-likeness (QED) is 0.271. The van der Waals surface area contributed by atoms with E-state index in [9.17, 15) is 18.0 Å². The Morgan fingerprint density at radius 2 is 1.83 bits per heavy atom. The van der Waals surface area contributed by atoms with Gasteiger partial charge in [-0.2, -0.15) is 8.78 Å². The summed E-state index contributed by atoms with van der Waals surface area (Å²) in [5.74, 6) is -0.348. The number of guanidine groups is 1. The predicted molar refractivity (Wildman–Crippen MR) is 121 cm³/mol. The summed E-state index contributed by atoms with van der Waals surface area (Å²) in [6, 6.07) is 10.3. The maximum absolute atomic E-state index is 12.9. The molecule has 2 aromatic rings. The van der Waals surface area contributed by atoms with Gasteiger partial charge in [-0.3, -0.25) is 4.79 Å². The normalized spacial score (nSPS) is 10.9. The molecule has 2 aromatic carbocycles. The minimum absolute atomic E-state index is 0. The Kier molecular flexibility index (Phi) is 11.0. The van der Waals surface area contributed by atoms with Crippen molar-refractivity contribution < 1.29 is 22.7 Å². The Labute approximate surface area is 190 Å². The number of nitrogens with one attached hydrogen (secondary N) is 3. The molecule has 164 valence electrons. The Morgan fingerprint density at radius 3 is 2.47 bits per heavy atom. The highest BCUT2D eigenvalue weighted by Crippen LogP contribution is 2.22. The summed E-state index contributed by atoms with van der Waals surface area (Å²) in [6.45, 7) is 1.30. The fraction of sp³-hybridized carbons (Fsp3) is 0.300. The van der Waals surface area contributed by atoms with E-state index in [4.69, 9.17) is 0 Å². The van der Waals surface area contributed by atoms with Gasteiger partial charge in [0.25, 0.3) is 0 Å². The average Bonchev–Trinajstić information content (AvgIpc) is 2.67. The van der Waals surface area contributed by atoms with E-state index in [0.717, 1.165) is 5.56 Å². The molecular weight excluding hydrogens is 512 g/mol. The standard InChI is InChI=1S/C20H23F3N4O2.HI/c1-3-24-20(26-12-18(28)27-16-7-5-15(21)6-8-16)25-11-14-10-13(2)4-9-17(14)29-19(22)23;/h4-10,19H,3,11-12H2,1-2H3,(H,27,28)(H2,24,25,26);1H. The molecule has 3 N–H and O–H groups in total. The van der Waals surface area contributed by atoms with Gasteiger partial charge in [0.15, 0.2) is 5.96 Å². The van der Waals surface area contributed by atoms with Gasteiger partial charge in [0, 0.05) is 17.8 Å². The summed E-state index contributed by atoms with van der Waals surface area (Å²) in [6.07, 6.45) is 0. The second-order valence-corrected chi connectivity index (χ2v) is 6.09. The van der Waals surface area contributed by atoms with Crippen LogP contribution in [0.3, 0.4) is 0 Å². The van der Waals surface area contributed by atoms with Crippen molar-refractivity contribution in [1.82, 2.24) is 10.6 Å². The van der Waals surface area contributed by atoms with Crippen LogP contribution in [-0.4, -0.2) is 31.6 Å². The number of nitrogens with zero attached hydrogens (tertiary/aromatic N) is 1. The third kappa shape index (κ3) is 8.89. The summed E-state index contributed by atoms with van der Waals surface area (Å²) >= 11 is 0. The first kappa shape index (κ1) is 25.5. The first-order chi connectivity index (χ1) is 13.9. The van der Waals surface area contributed by atoms with Crippen LogP contribution in [-0.2, 0) is 11.3 Å². The molecular formula is C20H24F3IN4O2. The van der Waals surface area contributed by atoms with E-state index in [1.54, 1.807) is 12.1 Å². The van der Waals surface area contributed by atoms with Crippen LogP contribution in [0.4, 0.5) is 18.9 Å². The highest BCUT2D eigenvalue weighted by molar-refractivity contribution is 14.0. The minimum Gasteiger partial charge on any atom is -0.434 e. The van der Waals surface area contributed by atoms with Crippen LogP contribution in [0.5, 0.6) is 5.75 Å². The third-order valence-corrected chi connectivity index (χ3v) is 3.73. The second kappa shape index (κ2) is 12.9. The van der Waals surface area contributed by atoms with Crippen LogP contribution in [0.2, 0.25) is 0 Å². The van der Waals surface area contributed by atoms with Crippen molar-refractivity contribution >= 4 is 41.5 Å². The van der Waals surface area contributed by atoms with Gasteiger partial charge in [-0.25, -0.2) is 9.38 Å². The van der Waals surface area contributed by atoms with Gasteiger partial charge in [-0.1, -0.05) is 17.7 Å². The van der Waals surface area contributed by atoms with Crippen molar-refractivity contribution in [2.24, 2.45) is 4.99 Å². The number of aryl methyl sites for hydroxylation is 1. The molecule has 0 unspecified atom stereocenters. The molecule has 0 atom stereocenters. The van der Waals surface area contributed by atoms with Crippen molar-refractivity contribution in [1.29, 1.82) is 0 Å². The molecule has 2 rings (SSSR count). The van der Waals surface area contributed by atoms with Crippen molar-refractivity contribution in [3.8, 4) is 5.75 Å². The van der Waals surface area contributed by atoms with Crippen molar-refractivity contribution in [3.05, 3.63) is 59.4 Å². The van der Waals surface area contributed by atoms with Crippen molar-refractivity contribution in [3.63, 3.8) is 0 Å². The highest BCUT2D eigenvalue weighted by Gasteiger charge is 2.10. The van der Waals surface area contributed by atoms with Crippen LogP contribution in [0, 0.1) is 12.7 Å². The fourth-order valence-corrected chi connectivity index (χ4v) is 2.45. The predicted octanol–water partition coefficient (Wildman–Crippen LogP) is 4.05. The first-order valence-electron chi connectivity index (χ1n) is 8.99. The molecule has 0 aromatic heterocycles. The zero-order valence-corrected chi connectivity index (χ0v) is 18.9.